The van der Waals surface area contributed by atoms with E-state index in [1.807, 2.05) is 13.0 Å². The lowest BCUT2D eigenvalue weighted by atomic mass is 9.98. The van der Waals surface area contributed by atoms with Gasteiger partial charge in [0.25, 0.3) is 11.8 Å². The first kappa shape index (κ1) is 31.9. The van der Waals surface area contributed by atoms with Crippen LogP contribution in [-0.2, 0) is 11.0 Å². The lowest BCUT2D eigenvalue weighted by molar-refractivity contribution is -0.137. The number of rotatable bonds is 10. The molecule has 0 radical (unpaired) electrons. The van der Waals surface area contributed by atoms with Crippen LogP contribution in [0.4, 0.5) is 19.0 Å². The zero-order chi connectivity index (χ0) is 32.7. The molecule has 5 rings (SSSR count). The molecule has 0 aliphatic rings. The van der Waals surface area contributed by atoms with Crippen LogP contribution in [0.2, 0.25) is 0 Å². The third-order valence-corrected chi connectivity index (χ3v) is 7.39. The first-order chi connectivity index (χ1) is 22.1. The van der Waals surface area contributed by atoms with E-state index >= 15 is 0 Å². The van der Waals surface area contributed by atoms with E-state index in [-0.39, 0.29) is 17.3 Å². The number of anilines is 1. The fourth-order valence-electron chi connectivity index (χ4n) is 4.94. The topological polar surface area (TPSA) is 100 Å². The smallest absolute Gasteiger partial charge is 0.354 e. The molecular formula is C36H31F3N4O3. The van der Waals surface area contributed by atoms with Crippen LogP contribution in [0.1, 0.15) is 57.7 Å². The number of nitrogens with one attached hydrogen (secondary N) is 3. The average Bonchev–Trinajstić information content (AvgIpc) is 3.07. The number of nitrogens with zero attached hydrogens (tertiary/aromatic N) is 1. The van der Waals surface area contributed by atoms with Gasteiger partial charge < -0.3 is 16.0 Å². The highest BCUT2D eigenvalue weighted by Gasteiger charge is 2.30. The molecule has 0 aliphatic carbocycles. The predicted molar refractivity (Wildman–Crippen MR) is 171 cm³/mol. The Morgan fingerprint density at radius 2 is 1.52 bits per heavy atom. The molecule has 1 unspecified atom stereocenters. The van der Waals surface area contributed by atoms with E-state index in [9.17, 15) is 27.6 Å². The second-order valence-corrected chi connectivity index (χ2v) is 10.6. The summed E-state index contributed by atoms with van der Waals surface area (Å²) in [5, 5.41) is 9.12. The molecule has 4 aromatic carbocycles. The minimum Gasteiger partial charge on any atom is -0.354 e. The second-order valence-electron chi connectivity index (χ2n) is 10.6. The summed E-state index contributed by atoms with van der Waals surface area (Å²) in [7, 11) is 0. The minimum absolute atomic E-state index is 0.254. The highest BCUT2D eigenvalue weighted by atomic mass is 19.4. The fraction of sp³-hybridized carbons (Fsp3) is 0.167. The average molecular weight is 625 g/mol. The van der Waals surface area contributed by atoms with Crippen LogP contribution in [0.5, 0.6) is 0 Å². The van der Waals surface area contributed by atoms with Gasteiger partial charge in [-0.25, -0.2) is 4.98 Å². The molecular weight excluding hydrogens is 593 g/mol. The van der Waals surface area contributed by atoms with Crippen molar-refractivity contribution in [3.8, 4) is 11.1 Å². The van der Waals surface area contributed by atoms with Crippen molar-refractivity contribution < 1.29 is 27.6 Å². The van der Waals surface area contributed by atoms with Crippen molar-refractivity contribution in [3.63, 3.8) is 0 Å². The summed E-state index contributed by atoms with van der Waals surface area (Å²) in [6.45, 7) is 2.54. The lowest BCUT2D eigenvalue weighted by Gasteiger charge is -2.19. The van der Waals surface area contributed by atoms with Gasteiger partial charge in [0.2, 0.25) is 5.91 Å². The number of hydrogen-bond acceptors (Lipinski definition) is 4. The van der Waals surface area contributed by atoms with Gasteiger partial charge in [0.1, 0.15) is 11.9 Å². The van der Waals surface area contributed by atoms with Crippen LogP contribution < -0.4 is 16.0 Å². The second kappa shape index (κ2) is 14.1. The van der Waals surface area contributed by atoms with Crippen molar-refractivity contribution in [2.75, 3.05) is 11.9 Å². The lowest BCUT2D eigenvalue weighted by Crippen LogP contribution is -2.40. The van der Waals surface area contributed by atoms with Crippen LogP contribution >= 0.6 is 0 Å². The van der Waals surface area contributed by atoms with E-state index in [0.29, 0.717) is 39.7 Å². The molecule has 5 aromatic rings. The molecule has 0 bridgehead atoms. The Kier molecular flexibility index (Phi) is 9.76. The normalized spacial score (nSPS) is 11.9. The highest BCUT2D eigenvalue weighted by Crippen LogP contribution is 2.32. The summed E-state index contributed by atoms with van der Waals surface area (Å²) in [5.41, 5.74) is 1.93. The molecule has 0 saturated carbocycles. The molecule has 0 fully saturated rings. The maximum atomic E-state index is 13.3. The molecule has 10 heteroatoms. The maximum absolute atomic E-state index is 13.3. The first-order valence-electron chi connectivity index (χ1n) is 14.8. The zero-order valence-corrected chi connectivity index (χ0v) is 24.9. The zero-order valence-electron chi connectivity index (χ0n) is 24.9. The third-order valence-electron chi connectivity index (χ3n) is 7.39. The number of pyridine rings is 1. The van der Waals surface area contributed by atoms with E-state index in [1.165, 1.54) is 12.1 Å². The van der Waals surface area contributed by atoms with Gasteiger partial charge in [-0.3, -0.25) is 14.4 Å². The Balaban J connectivity index is 1.32. The SMILES string of the molecule is CCCCNC(=O)C(NC(=O)c1ccc2nc(NC(=O)c3ccccc3-c3ccc(C(F)(F)F)cc3)ccc2c1)c1ccccc1. The van der Waals surface area contributed by atoms with Gasteiger partial charge in [0.05, 0.1) is 11.1 Å². The van der Waals surface area contributed by atoms with Gasteiger partial charge >= 0.3 is 6.18 Å². The van der Waals surface area contributed by atoms with Crippen molar-refractivity contribution in [1.82, 2.24) is 15.6 Å². The van der Waals surface area contributed by atoms with Crippen LogP contribution in [0.15, 0.2) is 109 Å². The fourth-order valence-corrected chi connectivity index (χ4v) is 4.94. The van der Waals surface area contributed by atoms with Crippen molar-refractivity contribution in [2.24, 2.45) is 0 Å². The molecule has 234 valence electrons. The number of unbranched alkanes of at least 4 members (excludes halogenated alkanes) is 1. The van der Waals surface area contributed by atoms with Gasteiger partial charge in [0.15, 0.2) is 0 Å². The molecule has 0 aliphatic heterocycles. The summed E-state index contributed by atoms with van der Waals surface area (Å²) in [4.78, 5) is 44.0. The molecule has 0 spiro atoms. The largest absolute Gasteiger partial charge is 0.416 e. The van der Waals surface area contributed by atoms with Crippen LogP contribution in [0, 0.1) is 0 Å². The molecule has 1 atom stereocenters. The Bertz CT molecular complexity index is 1860. The third kappa shape index (κ3) is 7.58. The van der Waals surface area contributed by atoms with Crippen LogP contribution in [-0.4, -0.2) is 29.3 Å². The Hall–Kier alpha value is -5.51. The number of benzene rings is 4. The maximum Gasteiger partial charge on any atom is 0.416 e. The van der Waals surface area contributed by atoms with Gasteiger partial charge in [0, 0.05) is 23.1 Å². The molecule has 3 amide bonds. The van der Waals surface area contributed by atoms with Gasteiger partial charge in [-0.1, -0.05) is 74.0 Å². The summed E-state index contributed by atoms with van der Waals surface area (Å²) >= 11 is 0. The summed E-state index contributed by atoms with van der Waals surface area (Å²) in [6, 6.07) is 27.6. The minimum atomic E-state index is -4.46. The molecule has 7 nitrogen and oxygen atoms in total. The van der Waals surface area contributed by atoms with Gasteiger partial charge in [-0.2, -0.15) is 13.2 Å². The van der Waals surface area contributed by atoms with Crippen LogP contribution in [0.3, 0.4) is 0 Å². The number of hydrogen-bond donors (Lipinski definition) is 3. The van der Waals surface area contributed by atoms with Gasteiger partial charge in [-0.05, 0) is 71.6 Å². The Labute approximate surface area is 263 Å². The quantitative estimate of drug-likeness (QED) is 0.140. The van der Waals surface area contributed by atoms with E-state index in [2.05, 4.69) is 20.9 Å². The number of carbonyl (C=O) groups is 3. The highest BCUT2D eigenvalue weighted by molar-refractivity contribution is 6.09. The number of alkyl halides is 3. The van der Waals surface area contributed by atoms with E-state index < -0.39 is 29.6 Å². The standard InChI is InChI=1S/C36H31F3N4O3/c1-2-3-21-40-35(46)32(24-9-5-4-6-10-24)43-33(44)26-15-19-30-25(22-26)16-20-31(41-30)42-34(45)29-12-8-7-11-28(29)23-13-17-27(18-14-23)36(37,38)39/h4-20,22,32H,2-3,21H2,1H3,(H,40,46)(H,43,44)(H,41,42,45). The predicted octanol–water partition coefficient (Wildman–Crippen LogP) is 7.56. The van der Waals surface area contributed by atoms with Gasteiger partial charge in [-0.15, -0.1) is 0 Å². The van der Waals surface area contributed by atoms with Crippen molar-refractivity contribution >= 4 is 34.4 Å². The number of fused-ring (bicyclic) bond motifs is 1. The summed E-state index contributed by atoms with van der Waals surface area (Å²) < 4.78 is 39.1. The number of aromatic nitrogens is 1. The van der Waals surface area contributed by atoms with E-state index in [4.69, 9.17) is 0 Å². The molecule has 1 heterocycles. The monoisotopic (exact) mass is 624 g/mol. The van der Waals surface area contributed by atoms with Crippen LogP contribution in [0.25, 0.3) is 22.0 Å². The number of amides is 3. The van der Waals surface area contributed by atoms with E-state index in [1.54, 1.807) is 78.9 Å². The summed E-state index contributed by atoms with van der Waals surface area (Å²) in [6.07, 6.45) is -2.71. The molecule has 46 heavy (non-hydrogen) atoms. The molecule has 3 N–H and O–H groups in total. The van der Waals surface area contributed by atoms with E-state index in [0.717, 1.165) is 25.0 Å². The van der Waals surface area contributed by atoms with Crippen molar-refractivity contribution in [3.05, 3.63) is 131 Å². The molecule has 0 saturated heterocycles. The first-order valence-corrected chi connectivity index (χ1v) is 14.8. The molecule has 1 aromatic heterocycles. The Morgan fingerprint density at radius 1 is 0.804 bits per heavy atom. The number of halogens is 3. The summed E-state index contributed by atoms with van der Waals surface area (Å²) in [5.74, 6) is -0.957. The number of carbonyl (C=O) groups excluding carboxylic acids is 3. The Morgan fingerprint density at radius 3 is 2.24 bits per heavy atom. The van der Waals surface area contributed by atoms with Crippen molar-refractivity contribution in [2.45, 2.75) is 32.0 Å². The van der Waals surface area contributed by atoms with Crippen molar-refractivity contribution in [1.29, 1.82) is 0 Å².